The summed E-state index contributed by atoms with van der Waals surface area (Å²) in [4.78, 5) is 15.5. The molecule has 1 N–H and O–H groups in total. The first-order valence-corrected chi connectivity index (χ1v) is 6.44. The molecule has 100 valence electrons. The van der Waals surface area contributed by atoms with Crippen LogP contribution in [0.15, 0.2) is 18.3 Å². The zero-order valence-electron chi connectivity index (χ0n) is 11.4. The minimum absolute atomic E-state index is 0.349. The fourth-order valence-electron chi connectivity index (χ4n) is 1.66. The van der Waals surface area contributed by atoms with E-state index in [1.54, 1.807) is 12.3 Å². The van der Waals surface area contributed by atoms with E-state index in [0.29, 0.717) is 11.6 Å². The molecule has 4 heteroatoms. The molecule has 0 aliphatic rings. The molecule has 1 atom stereocenters. The Kier molecular flexibility index (Phi) is 6.36. The Morgan fingerprint density at radius 1 is 1.50 bits per heavy atom. The summed E-state index contributed by atoms with van der Waals surface area (Å²) in [6, 6.07) is 4.09. The van der Waals surface area contributed by atoms with Gasteiger partial charge in [0, 0.05) is 18.8 Å². The van der Waals surface area contributed by atoms with Crippen LogP contribution >= 0.6 is 0 Å². The molecule has 1 aromatic heterocycles. The van der Waals surface area contributed by atoms with Crippen LogP contribution in [-0.4, -0.2) is 24.1 Å². The fraction of sp³-hybridized carbons (Fsp3) is 0.571. The lowest BCUT2D eigenvalue weighted by Gasteiger charge is -2.12. The molecule has 1 aromatic rings. The van der Waals surface area contributed by atoms with Crippen molar-refractivity contribution in [2.75, 3.05) is 7.11 Å². The molecular weight excluding hydrogens is 228 g/mol. The second kappa shape index (κ2) is 7.82. The van der Waals surface area contributed by atoms with Gasteiger partial charge in [-0.05, 0) is 25.5 Å². The van der Waals surface area contributed by atoms with Crippen molar-refractivity contribution in [1.82, 2.24) is 10.3 Å². The average molecular weight is 250 g/mol. The van der Waals surface area contributed by atoms with Gasteiger partial charge in [-0.2, -0.15) is 0 Å². The molecule has 0 aliphatic heterocycles. The Morgan fingerprint density at radius 2 is 2.28 bits per heavy atom. The molecule has 0 aliphatic carbocycles. The van der Waals surface area contributed by atoms with Crippen LogP contribution < -0.4 is 5.32 Å². The van der Waals surface area contributed by atoms with E-state index >= 15 is 0 Å². The van der Waals surface area contributed by atoms with E-state index in [-0.39, 0.29) is 5.97 Å². The molecule has 1 unspecified atom stereocenters. The van der Waals surface area contributed by atoms with Crippen molar-refractivity contribution in [3.8, 4) is 0 Å². The smallest absolute Gasteiger partial charge is 0.339 e. The Bertz CT molecular complexity index is 363. The summed E-state index contributed by atoms with van der Waals surface area (Å²) in [6.45, 7) is 5.10. The van der Waals surface area contributed by atoms with Gasteiger partial charge in [-0.15, -0.1) is 0 Å². The van der Waals surface area contributed by atoms with Crippen LogP contribution in [0.25, 0.3) is 0 Å². The number of carbonyl (C=O) groups is 1. The first-order chi connectivity index (χ1) is 8.67. The number of aromatic nitrogens is 1. The number of esters is 1. The van der Waals surface area contributed by atoms with E-state index in [1.165, 1.54) is 26.4 Å². The van der Waals surface area contributed by atoms with E-state index in [2.05, 4.69) is 28.9 Å². The van der Waals surface area contributed by atoms with Gasteiger partial charge in [0.15, 0.2) is 0 Å². The first-order valence-electron chi connectivity index (χ1n) is 6.44. The number of hydrogen-bond acceptors (Lipinski definition) is 4. The number of nitrogens with zero attached hydrogens (tertiary/aromatic N) is 1. The van der Waals surface area contributed by atoms with Crippen LogP contribution in [0.5, 0.6) is 0 Å². The van der Waals surface area contributed by atoms with Gasteiger partial charge in [-0.25, -0.2) is 4.79 Å². The molecule has 18 heavy (non-hydrogen) atoms. The van der Waals surface area contributed by atoms with E-state index in [0.717, 1.165) is 12.2 Å². The van der Waals surface area contributed by atoms with E-state index in [9.17, 15) is 4.79 Å². The molecule has 0 spiro atoms. The highest BCUT2D eigenvalue weighted by Crippen LogP contribution is 2.04. The third kappa shape index (κ3) is 4.84. The maximum Gasteiger partial charge on any atom is 0.339 e. The molecule has 4 nitrogen and oxygen atoms in total. The minimum atomic E-state index is -0.349. The second-order valence-electron chi connectivity index (χ2n) is 4.45. The highest BCUT2D eigenvalue weighted by atomic mass is 16.5. The van der Waals surface area contributed by atoms with Crippen molar-refractivity contribution >= 4 is 5.97 Å². The third-order valence-electron chi connectivity index (χ3n) is 2.87. The molecule has 0 aromatic carbocycles. The molecule has 0 fully saturated rings. The number of pyridine rings is 1. The Hall–Kier alpha value is -1.42. The normalized spacial score (nSPS) is 12.2. The molecule has 1 rings (SSSR count). The summed E-state index contributed by atoms with van der Waals surface area (Å²) in [7, 11) is 1.37. The topological polar surface area (TPSA) is 51.2 Å². The minimum Gasteiger partial charge on any atom is -0.465 e. The molecule has 0 radical (unpaired) electrons. The van der Waals surface area contributed by atoms with E-state index < -0.39 is 0 Å². The van der Waals surface area contributed by atoms with Crippen molar-refractivity contribution in [1.29, 1.82) is 0 Å². The molecular formula is C14H22N2O2. The van der Waals surface area contributed by atoms with Gasteiger partial charge < -0.3 is 10.1 Å². The maximum atomic E-state index is 11.2. The van der Waals surface area contributed by atoms with E-state index in [1.807, 2.05) is 6.07 Å². The predicted molar refractivity (Wildman–Crippen MR) is 71.4 cm³/mol. The van der Waals surface area contributed by atoms with Crippen molar-refractivity contribution in [3.63, 3.8) is 0 Å². The maximum absolute atomic E-state index is 11.2. The Labute approximate surface area is 109 Å². The zero-order chi connectivity index (χ0) is 13.4. The number of unbranched alkanes of at least 4 members (excludes halogenated alkanes) is 1. The lowest BCUT2D eigenvalue weighted by molar-refractivity contribution is 0.0600. The molecule has 0 amide bonds. The molecule has 0 saturated carbocycles. The quantitative estimate of drug-likeness (QED) is 0.756. The Morgan fingerprint density at radius 3 is 2.83 bits per heavy atom. The lowest BCUT2D eigenvalue weighted by atomic mass is 10.1. The number of ether oxygens (including phenoxy) is 1. The molecule has 0 bridgehead atoms. The molecule has 1 heterocycles. The zero-order valence-corrected chi connectivity index (χ0v) is 11.4. The first kappa shape index (κ1) is 14.6. The third-order valence-corrected chi connectivity index (χ3v) is 2.87. The number of nitrogens with one attached hydrogen (secondary N) is 1. The van der Waals surface area contributed by atoms with Crippen LogP contribution in [0.1, 0.15) is 49.2 Å². The highest BCUT2D eigenvalue weighted by molar-refractivity contribution is 5.88. The summed E-state index contributed by atoms with van der Waals surface area (Å²) in [5.74, 6) is -0.349. The van der Waals surface area contributed by atoms with E-state index in [4.69, 9.17) is 0 Å². The second-order valence-corrected chi connectivity index (χ2v) is 4.45. The van der Waals surface area contributed by atoms with Crippen molar-refractivity contribution in [2.24, 2.45) is 0 Å². The van der Waals surface area contributed by atoms with Gasteiger partial charge in [0.2, 0.25) is 0 Å². The molecule has 0 saturated heterocycles. The lowest BCUT2D eigenvalue weighted by Crippen LogP contribution is -2.25. The largest absolute Gasteiger partial charge is 0.465 e. The number of hydrogen-bond donors (Lipinski definition) is 1. The summed E-state index contributed by atoms with van der Waals surface area (Å²) in [6.07, 6.45) is 5.19. The van der Waals surface area contributed by atoms with Crippen LogP contribution in [-0.2, 0) is 11.3 Å². The fourth-order valence-corrected chi connectivity index (χ4v) is 1.66. The van der Waals surface area contributed by atoms with Gasteiger partial charge in [0.25, 0.3) is 0 Å². The number of rotatable bonds is 7. The number of methoxy groups -OCH3 is 1. The van der Waals surface area contributed by atoms with Gasteiger partial charge in [-0.3, -0.25) is 4.98 Å². The van der Waals surface area contributed by atoms with Crippen LogP contribution in [0.2, 0.25) is 0 Å². The van der Waals surface area contributed by atoms with Crippen LogP contribution in [0, 0.1) is 0 Å². The van der Waals surface area contributed by atoms with Gasteiger partial charge >= 0.3 is 5.97 Å². The summed E-state index contributed by atoms with van der Waals surface area (Å²) in [5.41, 5.74) is 1.42. The van der Waals surface area contributed by atoms with Gasteiger partial charge in [0.1, 0.15) is 0 Å². The van der Waals surface area contributed by atoms with Gasteiger partial charge in [-0.1, -0.05) is 19.8 Å². The van der Waals surface area contributed by atoms with Crippen LogP contribution in [0.4, 0.5) is 0 Å². The Balaban J connectivity index is 2.41. The summed E-state index contributed by atoms with van der Waals surface area (Å²) in [5, 5.41) is 3.42. The predicted octanol–water partition coefficient (Wildman–Crippen LogP) is 2.54. The number of carbonyl (C=O) groups excluding carboxylic acids is 1. The monoisotopic (exact) mass is 250 g/mol. The van der Waals surface area contributed by atoms with Gasteiger partial charge in [0.05, 0.1) is 18.4 Å². The van der Waals surface area contributed by atoms with Crippen molar-refractivity contribution < 1.29 is 9.53 Å². The van der Waals surface area contributed by atoms with Crippen molar-refractivity contribution in [2.45, 2.75) is 45.7 Å². The summed E-state index contributed by atoms with van der Waals surface area (Å²) >= 11 is 0. The average Bonchev–Trinajstić information content (AvgIpc) is 2.42. The van der Waals surface area contributed by atoms with Crippen molar-refractivity contribution in [3.05, 3.63) is 29.6 Å². The highest BCUT2D eigenvalue weighted by Gasteiger charge is 2.06. The van der Waals surface area contributed by atoms with Crippen LogP contribution in [0.3, 0.4) is 0 Å². The SMILES string of the molecule is CCCCC(C)NCc1ccc(C(=O)OC)cn1. The summed E-state index contributed by atoms with van der Waals surface area (Å²) < 4.78 is 4.62. The standard InChI is InChI=1S/C14H22N2O2/c1-4-5-6-11(2)15-10-13-8-7-12(9-16-13)14(17)18-3/h7-9,11,15H,4-6,10H2,1-3H3.